The second-order valence-corrected chi connectivity index (χ2v) is 6.91. The number of para-hydroxylation sites is 1. The number of hydrogen-bond acceptors (Lipinski definition) is 5. The molecule has 0 spiro atoms. The molecule has 4 rings (SSSR count). The van der Waals surface area contributed by atoms with Gasteiger partial charge in [-0.05, 0) is 61.9 Å². The number of hydrogen-bond donors (Lipinski definition) is 3. The van der Waals surface area contributed by atoms with Crippen LogP contribution in [0.3, 0.4) is 0 Å². The van der Waals surface area contributed by atoms with E-state index in [1.165, 1.54) is 12.8 Å². The van der Waals surface area contributed by atoms with E-state index in [2.05, 4.69) is 15.6 Å². The van der Waals surface area contributed by atoms with Crippen LogP contribution in [0.1, 0.15) is 24.0 Å². The van der Waals surface area contributed by atoms with Gasteiger partial charge in [-0.25, -0.2) is 0 Å². The van der Waals surface area contributed by atoms with Crippen molar-refractivity contribution >= 4 is 11.4 Å². The maximum Gasteiger partial charge on any atom is 0.127 e. The number of aromatic nitrogens is 1. The van der Waals surface area contributed by atoms with Crippen LogP contribution in [-0.2, 0) is 0 Å². The standard InChI is InChI=1S/C23H24N4O/c24-23(17-8-10-20(11-9-17)28-19-6-2-1-3-7-19)21-16-25-14-12-22(21)27-15-18-5-4-13-26-18/h1-3,6-12,14,16,18,24,26H,4-5,13,15H2,(H,25,27)/t18-/m1/s1. The summed E-state index contributed by atoms with van der Waals surface area (Å²) in [7, 11) is 0. The number of rotatable bonds is 7. The lowest BCUT2D eigenvalue weighted by atomic mass is 10.0. The van der Waals surface area contributed by atoms with Crippen molar-refractivity contribution in [3.63, 3.8) is 0 Å². The van der Waals surface area contributed by atoms with Gasteiger partial charge in [-0.2, -0.15) is 0 Å². The van der Waals surface area contributed by atoms with Gasteiger partial charge in [0.2, 0.25) is 0 Å². The van der Waals surface area contributed by atoms with Crippen LogP contribution < -0.4 is 15.4 Å². The van der Waals surface area contributed by atoms with E-state index in [1.807, 2.05) is 60.7 Å². The fourth-order valence-electron chi connectivity index (χ4n) is 3.38. The first-order chi connectivity index (χ1) is 13.8. The Bertz CT molecular complexity index is 919. The molecule has 0 unspecified atom stereocenters. The lowest BCUT2D eigenvalue weighted by molar-refractivity contribution is 0.482. The summed E-state index contributed by atoms with van der Waals surface area (Å²) in [5.41, 5.74) is 3.02. The molecule has 28 heavy (non-hydrogen) atoms. The maximum absolute atomic E-state index is 8.65. The minimum atomic E-state index is 0.446. The minimum Gasteiger partial charge on any atom is -0.457 e. The quantitative estimate of drug-likeness (QED) is 0.536. The minimum absolute atomic E-state index is 0.446. The third-order valence-corrected chi connectivity index (χ3v) is 4.91. The van der Waals surface area contributed by atoms with E-state index in [0.29, 0.717) is 11.8 Å². The molecule has 1 atom stereocenters. The average Bonchev–Trinajstić information content (AvgIpc) is 3.27. The summed E-state index contributed by atoms with van der Waals surface area (Å²) < 4.78 is 5.84. The molecule has 0 aliphatic carbocycles. The zero-order valence-corrected chi connectivity index (χ0v) is 15.7. The van der Waals surface area contributed by atoms with Crippen LogP contribution in [0.5, 0.6) is 11.5 Å². The predicted octanol–water partition coefficient (Wildman–Crippen LogP) is 4.45. The highest BCUT2D eigenvalue weighted by atomic mass is 16.5. The zero-order valence-electron chi connectivity index (χ0n) is 15.7. The van der Waals surface area contributed by atoms with Crippen LogP contribution in [-0.4, -0.2) is 29.8 Å². The summed E-state index contributed by atoms with van der Waals surface area (Å²) >= 11 is 0. The second-order valence-electron chi connectivity index (χ2n) is 6.91. The molecule has 1 aliphatic heterocycles. The molecule has 1 aromatic heterocycles. The molecule has 0 saturated carbocycles. The number of anilines is 1. The van der Waals surface area contributed by atoms with Gasteiger partial charge in [0.25, 0.3) is 0 Å². The van der Waals surface area contributed by atoms with E-state index in [0.717, 1.165) is 41.4 Å². The third kappa shape index (κ3) is 4.38. The molecule has 2 aromatic carbocycles. The smallest absolute Gasteiger partial charge is 0.127 e. The van der Waals surface area contributed by atoms with Crippen molar-refractivity contribution < 1.29 is 4.74 Å². The van der Waals surface area contributed by atoms with E-state index in [4.69, 9.17) is 10.1 Å². The Balaban J connectivity index is 1.46. The van der Waals surface area contributed by atoms with E-state index < -0.39 is 0 Å². The summed E-state index contributed by atoms with van der Waals surface area (Å²) in [6.07, 6.45) is 5.93. The molecule has 0 radical (unpaired) electrons. The maximum atomic E-state index is 8.65. The van der Waals surface area contributed by atoms with Crippen LogP contribution in [0.15, 0.2) is 73.1 Å². The van der Waals surface area contributed by atoms with Crippen LogP contribution in [0.25, 0.3) is 0 Å². The van der Waals surface area contributed by atoms with Crippen molar-refractivity contribution in [1.82, 2.24) is 10.3 Å². The molecule has 0 bridgehead atoms. The number of ether oxygens (including phenoxy) is 1. The van der Waals surface area contributed by atoms with Crippen molar-refractivity contribution in [1.29, 1.82) is 5.41 Å². The van der Waals surface area contributed by atoms with Gasteiger partial charge in [-0.3, -0.25) is 10.4 Å². The second kappa shape index (κ2) is 8.67. The molecular formula is C23H24N4O. The Hall–Kier alpha value is -3.18. The number of pyridine rings is 1. The highest BCUT2D eigenvalue weighted by Gasteiger charge is 2.15. The number of nitrogens with one attached hydrogen (secondary N) is 3. The molecule has 1 saturated heterocycles. The molecule has 1 fully saturated rings. The van der Waals surface area contributed by atoms with Gasteiger partial charge in [0, 0.05) is 41.8 Å². The van der Waals surface area contributed by atoms with Gasteiger partial charge in [0.15, 0.2) is 0 Å². The topological polar surface area (TPSA) is 70.0 Å². The molecule has 0 amide bonds. The molecule has 5 heteroatoms. The Labute approximate surface area is 165 Å². The fraction of sp³-hybridized carbons (Fsp3) is 0.217. The lowest BCUT2D eigenvalue weighted by Crippen LogP contribution is -2.29. The van der Waals surface area contributed by atoms with Gasteiger partial charge in [-0.15, -0.1) is 0 Å². The molecule has 2 heterocycles. The largest absolute Gasteiger partial charge is 0.457 e. The Morgan fingerprint density at radius 2 is 1.86 bits per heavy atom. The molecule has 5 nitrogen and oxygen atoms in total. The first kappa shape index (κ1) is 18.2. The van der Waals surface area contributed by atoms with Crippen molar-refractivity contribution in [2.75, 3.05) is 18.4 Å². The third-order valence-electron chi connectivity index (χ3n) is 4.91. The average molecular weight is 372 g/mol. The van der Waals surface area contributed by atoms with Crippen LogP contribution >= 0.6 is 0 Å². The summed E-state index contributed by atoms with van der Waals surface area (Å²) in [5, 5.41) is 15.6. The van der Waals surface area contributed by atoms with Gasteiger partial charge in [0.1, 0.15) is 11.5 Å². The number of nitrogens with zero attached hydrogens (tertiary/aromatic N) is 1. The Morgan fingerprint density at radius 1 is 1.07 bits per heavy atom. The van der Waals surface area contributed by atoms with E-state index in [1.54, 1.807) is 12.4 Å². The SMILES string of the molecule is N=C(c1ccc(Oc2ccccc2)cc1)c1cnccc1NC[C@H]1CCCN1. The molecule has 3 N–H and O–H groups in total. The van der Waals surface area contributed by atoms with Gasteiger partial charge in [0.05, 0.1) is 5.71 Å². The first-order valence-electron chi connectivity index (χ1n) is 9.63. The fourth-order valence-corrected chi connectivity index (χ4v) is 3.38. The van der Waals surface area contributed by atoms with Crippen LogP contribution in [0.2, 0.25) is 0 Å². The van der Waals surface area contributed by atoms with E-state index >= 15 is 0 Å². The van der Waals surface area contributed by atoms with E-state index in [-0.39, 0.29) is 0 Å². The summed E-state index contributed by atoms with van der Waals surface area (Å²) in [6.45, 7) is 1.94. The normalized spacial score (nSPS) is 15.9. The van der Waals surface area contributed by atoms with Gasteiger partial charge >= 0.3 is 0 Å². The van der Waals surface area contributed by atoms with Gasteiger partial charge in [-0.1, -0.05) is 18.2 Å². The van der Waals surface area contributed by atoms with Crippen molar-refractivity contribution in [3.05, 3.63) is 84.2 Å². The predicted molar refractivity (Wildman–Crippen MR) is 113 cm³/mol. The number of benzene rings is 2. The first-order valence-corrected chi connectivity index (χ1v) is 9.63. The van der Waals surface area contributed by atoms with Gasteiger partial charge < -0.3 is 15.4 Å². The molecule has 142 valence electrons. The molecular weight excluding hydrogens is 348 g/mol. The van der Waals surface area contributed by atoms with Crippen LogP contribution in [0, 0.1) is 5.41 Å². The molecule has 1 aliphatic rings. The van der Waals surface area contributed by atoms with Crippen molar-refractivity contribution in [2.45, 2.75) is 18.9 Å². The van der Waals surface area contributed by atoms with Crippen molar-refractivity contribution in [3.8, 4) is 11.5 Å². The Kier molecular flexibility index (Phi) is 5.64. The zero-order chi connectivity index (χ0) is 19.2. The summed E-state index contributed by atoms with van der Waals surface area (Å²) in [6, 6.07) is 19.7. The molecule has 3 aromatic rings. The Morgan fingerprint density at radius 3 is 2.61 bits per heavy atom. The highest BCUT2D eigenvalue weighted by molar-refractivity contribution is 6.13. The summed E-state index contributed by atoms with van der Waals surface area (Å²) in [4.78, 5) is 4.22. The summed E-state index contributed by atoms with van der Waals surface area (Å²) in [5.74, 6) is 1.55. The lowest BCUT2D eigenvalue weighted by Gasteiger charge is -2.16. The van der Waals surface area contributed by atoms with Crippen LogP contribution in [0.4, 0.5) is 5.69 Å². The monoisotopic (exact) mass is 372 g/mol. The van der Waals surface area contributed by atoms with Crippen molar-refractivity contribution in [2.24, 2.45) is 0 Å². The highest BCUT2D eigenvalue weighted by Crippen LogP contribution is 2.24. The van der Waals surface area contributed by atoms with E-state index in [9.17, 15) is 0 Å².